The van der Waals surface area contributed by atoms with Crippen molar-refractivity contribution in [2.45, 2.75) is 6.61 Å². The van der Waals surface area contributed by atoms with E-state index >= 15 is 0 Å². The Morgan fingerprint density at radius 1 is 1.27 bits per heavy atom. The Morgan fingerprint density at radius 3 is 2.20 bits per heavy atom. The third-order valence-corrected chi connectivity index (χ3v) is 2.29. The molecule has 0 saturated heterocycles. The molecule has 0 spiro atoms. The monoisotopic (exact) mass is 230 g/mol. The first-order chi connectivity index (χ1) is 6.88. The van der Waals surface area contributed by atoms with Crippen molar-refractivity contribution in [2.75, 3.05) is 19.0 Å². The minimum atomic E-state index is -3.86. The molecule has 0 atom stereocenters. The molecule has 84 valence electrons. The molecule has 0 heterocycles. The first kappa shape index (κ1) is 12.0. The van der Waals surface area contributed by atoms with Crippen molar-refractivity contribution in [1.82, 2.24) is 0 Å². The van der Waals surface area contributed by atoms with Crippen LogP contribution in [0.5, 0.6) is 0 Å². The van der Waals surface area contributed by atoms with Crippen LogP contribution in [-0.2, 0) is 21.1 Å². The van der Waals surface area contributed by atoms with Gasteiger partial charge in [0.15, 0.2) is 0 Å². The first-order valence-electron chi connectivity index (χ1n) is 4.32. The van der Waals surface area contributed by atoms with E-state index < -0.39 is 10.3 Å². The Morgan fingerprint density at radius 2 is 1.80 bits per heavy atom. The zero-order valence-electron chi connectivity index (χ0n) is 8.67. The quantitative estimate of drug-likeness (QED) is 0.816. The van der Waals surface area contributed by atoms with Crippen molar-refractivity contribution < 1.29 is 12.6 Å². The molecular formula is C9H14N2O3S. The second-order valence-corrected chi connectivity index (χ2v) is 4.54. The van der Waals surface area contributed by atoms with E-state index in [0.29, 0.717) is 0 Å². The average molecular weight is 230 g/mol. The molecule has 1 rings (SSSR count). The maximum absolute atomic E-state index is 10.5. The molecule has 0 aliphatic rings. The smallest absolute Gasteiger partial charge is 0.333 e. The third kappa shape index (κ3) is 4.28. The van der Waals surface area contributed by atoms with E-state index in [1.807, 2.05) is 31.1 Å². The normalized spacial score (nSPS) is 11.4. The fourth-order valence-electron chi connectivity index (χ4n) is 1.04. The summed E-state index contributed by atoms with van der Waals surface area (Å²) in [4.78, 5) is 1.95. The van der Waals surface area contributed by atoms with Crippen molar-refractivity contribution >= 4 is 16.0 Å². The molecule has 0 fully saturated rings. The number of rotatable bonds is 4. The van der Waals surface area contributed by atoms with Gasteiger partial charge in [-0.2, -0.15) is 8.42 Å². The Balaban J connectivity index is 2.65. The summed E-state index contributed by atoms with van der Waals surface area (Å²) in [5.74, 6) is 0. The summed E-state index contributed by atoms with van der Waals surface area (Å²) in [5, 5.41) is 4.70. The van der Waals surface area contributed by atoms with Crippen molar-refractivity contribution in [2.24, 2.45) is 5.14 Å². The fraction of sp³-hybridized carbons (Fsp3) is 0.333. The predicted molar refractivity (Wildman–Crippen MR) is 58.7 cm³/mol. The van der Waals surface area contributed by atoms with Crippen LogP contribution in [0.3, 0.4) is 0 Å². The van der Waals surface area contributed by atoms with Crippen LogP contribution in [-0.4, -0.2) is 22.5 Å². The van der Waals surface area contributed by atoms with Crippen LogP contribution >= 0.6 is 0 Å². The Kier molecular flexibility index (Phi) is 3.67. The van der Waals surface area contributed by atoms with Crippen LogP contribution in [0.2, 0.25) is 0 Å². The lowest BCUT2D eigenvalue weighted by Crippen LogP contribution is -2.15. The van der Waals surface area contributed by atoms with E-state index in [1.54, 1.807) is 12.1 Å². The molecule has 0 amide bonds. The van der Waals surface area contributed by atoms with E-state index in [2.05, 4.69) is 4.18 Å². The largest absolute Gasteiger partial charge is 0.378 e. The average Bonchev–Trinajstić information content (AvgIpc) is 2.14. The summed E-state index contributed by atoms with van der Waals surface area (Å²) < 4.78 is 25.5. The minimum absolute atomic E-state index is 0.0352. The SMILES string of the molecule is CN(C)c1ccc(COS(N)(=O)=O)cc1. The molecule has 0 unspecified atom stereocenters. The summed E-state index contributed by atoms with van der Waals surface area (Å²) in [5.41, 5.74) is 1.80. The molecule has 5 nitrogen and oxygen atoms in total. The van der Waals surface area contributed by atoms with Crippen molar-refractivity contribution in [1.29, 1.82) is 0 Å². The standard InChI is InChI=1S/C9H14N2O3S/c1-11(2)9-5-3-8(4-6-9)7-14-15(10,12)13/h3-6H,7H2,1-2H3,(H2,10,12,13). The molecule has 1 aromatic rings. The highest BCUT2D eigenvalue weighted by molar-refractivity contribution is 7.84. The van der Waals surface area contributed by atoms with Gasteiger partial charge >= 0.3 is 10.3 Å². The van der Waals surface area contributed by atoms with Gasteiger partial charge in [0.1, 0.15) is 0 Å². The first-order valence-corrected chi connectivity index (χ1v) is 5.79. The molecule has 0 radical (unpaired) electrons. The second kappa shape index (κ2) is 4.61. The lowest BCUT2D eigenvalue weighted by molar-refractivity contribution is 0.308. The van der Waals surface area contributed by atoms with Gasteiger partial charge in [0.25, 0.3) is 0 Å². The van der Waals surface area contributed by atoms with Crippen molar-refractivity contribution in [3.63, 3.8) is 0 Å². The third-order valence-electron chi connectivity index (χ3n) is 1.84. The van der Waals surface area contributed by atoms with Crippen LogP contribution in [0.1, 0.15) is 5.56 Å². The summed E-state index contributed by atoms with van der Waals surface area (Å²) in [6.07, 6.45) is 0. The number of benzene rings is 1. The molecule has 1 aromatic carbocycles. The van der Waals surface area contributed by atoms with Crippen molar-refractivity contribution in [3.8, 4) is 0 Å². The van der Waals surface area contributed by atoms with Crippen LogP contribution < -0.4 is 10.0 Å². The highest BCUT2D eigenvalue weighted by Gasteiger charge is 2.03. The molecule has 6 heteroatoms. The Labute approximate surface area is 89.7 Å². The maximum atomic E-state index is 10.5. The lowest BCUT2D eigenvalue weighted by Gasteiger charge is -2.12. The van der Waals surface area contributed by atoms with E-state index in [4.69, 9.17) is 5.14 Å². The highest BCUT2D eigenvalue weighted by Crippen LogP contribution is 2.12. The van der Waals surface area contributed by atoms with Gasteiger partial charge in [-0.1, -0.05) is 12.1 Å². The van der Waals surface area contributed by atoms with E-state index in [1.165, 1.54) is 0 Å². The molecule has 0 aliphatic carbocycles. The molecule has 0 aliphatic heterocycles. The van der Waals surface area contributed by atoms with Gasteiger partial charge in [-0.15, -0.1) is 0 Å². The number of hydrogen-bond donors (Lipinski definition) is 1. The molecular weight excluding hydrogens is 216 g/mol. The number of hydrogen-bond acceptors (Lipinski definition) is 4. The van der Waals surface area contributed by atoms with E-state index in [-0.39, 0.29) is 6.61 Å². The van der Waals surface area contributed by atoms with Crippen LogP contribution in [0.15, 0.2) is 24.3 Å². The molecule has 0 bridgehead atoms. The number of nitrogens with two attached hydrogens (primary N) is 1. The van der Waals surface area contributed by atoms with Gasteiger partial charge in [-0.25, -0.2) is 5.14 Å². The summed E-state index contributed by atoms with van der Waals surface area (Å²) in [6, 6.07) is 7.34. The van der Waals surface area contributed by atoms with Gasteiger partial charge < -0.3 is 4.90 Å². The van der Waals surface area contributed by atoms with Crippen molar-refractivity contribution in [3.05, 3.63) is 29.8 Å². The maximum Gasteiger partial charge on any atom is 0.333 e. The van der Waals surface area contributed by atoms with E-state index in [0.717, 1.165) is 11.3 Å². The van der Waals surface area contributed by atoms with Crippen LogP contribution in [0.25, 0.3) is 0 Å². The summed E-state index contributed by atoms with van der Waals surface area (Å²) in [7, 11) is -0.00632. The van der Waals surface area contributed by atoms with Gasteiger partial charge in [-0.05, 0) is 17.7 Å². The van der Waals surface area contributed by atoms with Crippen LogP contribution in [0, 0.1) is 0 Å². The van der Waals surface area contributed by atoms with E-state index in [9.17, 15) is 8.42 Å². The minimum Gasteiger partial charge on any atom is -0.378 e. The molecule has 2 N–H and O–H groups in total. The predicted octanol–water partition coefficient (Wildman–Crippen LogP) is 0.473. The van der Waals surface area contributed by atoms with Gasteiger partial charge in [0.2, 0.25) is 0 Å². The summed E-state index contributed by atoms with van der Waals surface area (Å²) >= 11 is 0. The molecule has 15 heavy (non-hydrogen) atoms. The Hall–Kier alpha value is -1.11. The van der Waals surface area contributed by atoms with Crippen LogP contribution in [0.4, 0.5) is 5.69 Å². The zero-order chi connectivity index (χ0) is 11.5. The topological polar surface area (TPSA) is 72.6 Å². The fourth-order valence-corrected chi connectivity index (χ4v) is 1.34. The van der Waals surface area contributed by atoms with Gasteiger partial charge in [0, 0.05) is 19.8 Å². The highest BCUT2D eigenvalue weighted by atomic mass is 32.2. The van der Waals surface area contributed by atoms with Gasteiger partial charge in [0.05, 0.1) is 6.61 Å². The molecule has 0 saturated carbocycles. The second-order valence-electron chi connectivity index (χ2n) is 3.32. The number of nitrogens with zero attached hydrogens (tertiary/aromatic N) is 1. The Bertz CT molecular complexity index is 411. The summed E-state index contributed by atoms with van der Waals surface area (Å²) in [6.45, 7) is -0.0352. The van der Waals surface area contributed by atoms with Gasteiger partial charge in [-0.3, -0.25) is 4.18 Å². The number of anilines is 1. The zero-order valence-corrected chi connectivity index (χ0v) is 9.49. The molecule has 0 aromatic heterocycles. The lowest BCUT2D eigenvalue weighted by atomic mass is 10.2.